The van der Waals surface area contributed by atoms with Gasteiger partial charge in [0.2, 0.25) is 5.95 Å². The molecule has 2 aliphatic rings. The molecule has 0 spiro atoms. The van der Waals surface area contributed by atoms with Gasteiger partial charge in [0, 0.05) is 30.4 Å². The maximum atomic E-state index is 9.87. The van der Waals surface area contributed by atoms with Crippen molar-refractivity contribution in [2.24, 2.45) is 0 Å². The number of anilines is 2. The number of fused-ring (bicyclic) bond motifs is 1. The summed E-state index contributed by atoms with van der Waals surface area (Å²) in [5, 5.41) is 16.9. The lowest BCUT2D eigenvalue weighted by atomic mass is 9.93. The van der Waals surface area contributed by atoms with Crippen molar-refractivity contribution >= 4 is 22.9 Å². The van der Waals surface area contributed by atoms with Crippen molar-refractivity contribution in [2.75, 3.05) is 10.6 Å². The van der Waals surface area contributed by atoms with Gasteiger partial charge in [0.25, 0.3) is 0 Å². The van der Waals surface area contributed by atoms with Gasteiger partial charge in [-0.25, -0.2) is 4.98 Å². The summed E-state index contributed by atoms with van der Waals surface area (Å²) in [6, 6.07) is 6.67. The van der Waals surface area contributed by atoms with E-state index >= 15 is 0 Å². The van der Waals surface area contributed by atoms with E-state index in [1.54, 1.807) is 12.5 Å². The van der Waals surface area contributed by atoms with E-state index in [1.165, 1.54) is 12.8 Å². The third-order valence-corrected chi connectivity index (χ3v) is 7.27. The van der Waals surface area contributed by atoms with Crippen LogP contribution in [0.15, 0.2) is 47.7 Å². The molecule has 9 nitrogen and oxygen atoms in total. The van der Waals surface area contributed by atoms with Crippen molar-refractivity contribution in [3.63, 3.8) is 0 Å². The number of furan rings is 1. The van der Waals surface area contributed by atoms with Gasteiger partial charge in [-0.15, -0.1) is 0 Å². The molecule has 0 saturated heterocycles. The molecular weight excluding hydrogens is 442 g/mol. The first-order chi connectivity index (χ1) is 17.2. The van der Waals surface area contributed by atoms with Gasteiger partial charge in [-0.05, 0) is 56.2 Å². The van der Waals surface area contributed by atoms with Crippen molar-refractivity contribution in [3.05, 3.63) is 48.8 Å². The number of hydrogen-bond donors (Lipinski definition) is 3. The highest BCUT2D eigenvalue weighted by molar-refractivity contribution is 5.84. The van der Waals surface area contributed by atoms with Gasteiger partial charge in [0.1, 0.15) is 0 Å². The maximum Gasteiger partial charge on any atom is 0.227 e. The van der Waals surface area contributed by atoms with Crippen molar-refractivity contribution in [3.8, 4) is 11.3 Å². The monoisotopic (exact) mass is 473 g/mol. The largest absolute Gasteiger partial charge is 0.472 e. The van der Waals surface area contributed by atoms with Gasteiger partial charge >= 0.3 is 0 Å². The molecule has 0 unspecified atom stereocenters. The third kappa shape index (κ3) is 4.73. The zero-order chi connectivity index (χ0) is 23.6. The van der Waals surface area contributed by atoms with Crippen LogP contribution in [0.5, 0.6) is 0 Å². The number of aromatic nitrogens is 5. The predicted molar refractivity (Wildman–Crippen MR) is 134 cm³/mol. The molecule has 4 aromatic heterocycles. The highest BCUT2D eigenvalue weighted by Crippen LogP contribution is 2.33. The minimum atomic E-state index is -0.189. The predicted octanol–water partition coefficient (Wildman–Crippen LogP) is 4.92. The van der Waals surface area contributed by atoms with Crippen LogP contribution in [0.1, 0.15) is 63.0 Å². The van der Waals surface area contributed by atoms with Crippen molar-refractivity contribution in [1.82, 2.24) is 24.5 Å². The van der Waals surface area contributed by atoms with Crippen molar-refractivity contribution in [2.45, 2.75) is 76.1 Å². The summed E-state index contributed by atoms with van der Waals surface area (Å²) in [7, 11) is 0. The maximum absolute atomic E-state index is 9.87. The van der Waals surface area contributed by atoms with Crippen LogP contribution in [-0.2, 0) is 6.54 Å². The third-order valence-electron chi connectivity index (χ3n) is 7.27. The summed E-state index contributed by atoms with van der Waals surface area (Å²) in [5.41, 5.74) is 4.57. The summed E-state index contributed by atoms with van der Waals surface area (Å²) >= 11 is 0. The van der Waals surface area contributed by atoms with Crippen LogP contribution in [0.4, 0.5) is 11.8 Å². The fourth-order valence-electron chi connectivity index (χ4n) is 5.25. The zero-order valence-electron chi connectivity index (χ0n) is 19.7. The molecule has 0 amide bonds. The average Bonchev–Trinajstić information content (AvgIpc) is 3.66. The molecule has 35 heavy (non-hydrogen) atoms. The van der Waals surface area contributed by atoms with Crippen LogP contribution >= 0.6 is 0 Å². The molecule has 6 rings (SSSR count). The molecule has 3 N–H and O–H groups in total. The van der Waals surface area contributed by atoms with Crippen LogP contribution in [0.2, 0.25) is 0 Å². The molecule has 182 valence electrons. The smallest absolute Gasteiger partial charge is 0.227 e. The summed E-state index contributed by atoms with van der Waals surface area (Å²) < 4.78 is 7.39. The highest BCUT2D eigenvalue weighted by Gasteiger charge is 2.24. The SMILES string of the molecule is OC1CCC(Nc2nc(NCc3ccc(-c4ccoc4)nc3)c3ncn(C4CCCC4)c3n2)CC1. The Morgan fingerprint density at radius 1 is 1.00 bits per heavy atom. The second kappa shape index (κ2) is 9.65. The molecule has 2 aliphatic carbocycles. The molecule has 0 atom stereocenters. The zero-order valence-corrected chi connectivity index (χ0v) is 19.7. The highest BCUT2D eigenvalue weighted by atomic mass is 16.3. The lowest BCUT2D eigenvalue weighted by Gasteiger charge is -2.26. The van der Waals surface area contributed by atoms with Gasteiger partial charge in [0.05, 0.1) is 30.7 Å². The van der Waals surface area contributed by atoms with Crippen molar-refractivity contribution in [1.29, 1.82) is 0 Å². The Morgan fingerprint density at radius 3 is 2.60 bits per heavy atom. The quantitative estimate of drug-likeness (QED) is 0.346. The lowest BCUT2D eigenvalue weighted by molar-refractivity contribution is 0.126. The number of aliphatic hydroxyl groups excluding tert-OH is 1. The number of pyridine rings is 1. The first kappa shape index (κ1) is 22.0. The van der Waals surface area contributed by atoms with E-state index in [0.717, 1.165) is 72.3 Å². The van der Waals surface area contributed by atoms with E-state index < -0.39 is 0 Å². The normalized spacial score (nSPS) is 20.9. The van der Waals surface area contributed by atoms with E-state index in [9.17, 15) is 5.11 Å². The Bertz CT molecular complexity index is 1260. The minimum Gasteiger partial charge on any atom is -0.472 e. The van der Waals surface area contributed by atoms with Crippen LogP contribution < -0.4 is 10.6 Å². The minimum absolute atomic E-state index is 0.189. The second-order valence-electron chi connectivity index (χ2n) is 9.73. The first-order valence-electron chi connectivity index (χ1n) is 12.6. The summed E-state index contributed by atoms with van der Waals surface area (Å²) in [4.78, 5) is 19.0. The Labute approximate surface area is 204 Å². The van der Waals surface area contributed by atoms with Gasteiger partial charge in [0.15, 0.2) is 17.0 Å². The molecule has 9 heteroatoms. The lowest BCUT2D eigenvalue weighted by Crippen LogP contribution is -2.29. The number of hydrogen-bond acceptors (Lipinski definition) is 8. The standard InChI is InChI=1S/C26H31N7O2/c34-21-8-6-19(7-9-21)30-26-31-24(23-25(32-26)33(16-29-23)20-3-1-2-4-20)28-14-17-5-10-22(27-13-17)18-11-12-35-15-18/h5,10-13,15-16,19-21,34H,1-4,6-9,14H2,(H2,28,30,31,32). The molecule has 4 aromatic rings. The molecule has 0 aliphatic heterocycles. The van der Waals surface area contributed by atoms with Crippen LogP contribution in [0, 0.1) is 0 Å². The Kier molecular flexibility index (Phi) is 6.08. The van der Waals surface area contributed by atoms with E-state index in [-0.39, 0.29) is 12.1 Å². The van der Waals surface area contributed by atoms with Gasteiger partial charge in [-0.2, -0.15) is 9.97 Å². The van der Waals surface area contributed by atoms with Gasteiger partial charge < -0.3 is 24.7 Å². The number of aliphatic hydroxyl groups is 1. The fraction of sp³-hybridized carbons (Fsp3) is 0.462. The molecule has 0 aromatic carbocycles. The van der Waals surface area contributed by atoms with E-state index in [1.807, 2.05) is 24.7 Å². The fourth-order valence-corrected chi connectivity index (χ4v) is 5.25. The molecule has 2 fully saturated rings. The molecule has 2 saturated carbocycles. The Morgan fingerprint density at radius 2 is 1.86 bits per heavy atom. The Hall–Kier alpha value is -3.46. The number of nitrogens with one attached hydrogen (secondary N) is 2. The van der Waals surface area contributed by atoms with Gasteiger partial charge in [-0.3, -0.25) is 4.98 Å². The summed E-state index contributed by atoms with van der Waals surface area (Å²) in [6.07, 6.45) is 15.2. The topological polar surface area (TPSA) is 114 Å². The molecule has 0 bridgehead atoms. The number of nitrogens with zero attached hydrogens (tertiary/aromatic N) is 5. The van der Waals surface area contributed by atoms with E-state index in [2.05, 4.69) is 26.3 Å². The number of rotatable bonds is 7. The van der Waals surface area contributed by atoms with E-state index in [0.29, 0.717) is 18.5 Å². The summed E-state index contributed by atoms with van der Waals surface area (Å²) in [5.74, 6) is 1.35. The summed E-state index contributed by atoms with van der Waals surface area (Å²) in [6.45, 7) is 0.579. The molecular formula is C26H31N7O2. The second-order valence-corrected chi connectivity index (χ2v) is 9.73. The Balaban J connectivity index is 1.25. The number of imidazole rings is 1. The molecule has 0 radical (unpaired) electrons. The van der Waals surface area contributed by atoms with Gasteiger partial charge in [-0.1, -0.05) is 18.9 Å². The first-order valence-corrected chi connectivity index (χ1v) is 12.6. The van der Waals surface area contributed by atoms with Crippen LogP contribution in [0.25, 0.3) is 22.4 Å². The van der Waals surface area contributed by atoms with E-state index in [4.69, 9.17) is 19.4 Å². The average molecular weight is 474 g/mol. The van der Waals surface area contributed by atoms with Crippen LogP contribution in [0.3, 0.4) is 0 Å². The van der Waals surface area contributed by atoms with Crippen LogP contribution in [-0.4, -0.2) is 41.8 Å². The molecule has 4 heterocycles. The van der Waals surface area contributed by atoms with Crippen molar-refractivity contribution < 1.29 is 9.52 Å².